The van der Waals surface area contributed by atoms with E-state index in [1.165, 1.54) is 15.3 Å². The molecule has 2 N–H and O–H groups in total. The highest BCUT2D eigenvalue weighted by Crippen LogP contribution is 2.40. The van der Waals surface area contributed by atoms with Crippen LogP contribution in [0.4, 0.5) is 14.5 Å². The molecule has 1 rings (SSSR count). The summed E-state index contributed by atoms with van der Waals surface area (Å²) in [6.45, 7) is 1.64. The molecule has 0 saturated heterocycles. The third kappa shape index (κ3) is 2.29. The lowest BCUT2D eigenvalue weighted by molar-refractivity contribution is 0.105. The summed E-state index contributed by atoms with van der Waals surface area (Å²) in [6, 6.07) is 2.73. The quantitative estimate of drug-likeness (QED) is 0.574. The molecule has 0 saturated carbocycles. The van der Waals surface area contributed by atoms with E-state index in [4.69, 9.17) is 17.3 Å². The number of benzene rings is 1. The maximum absolute atomic E-state index is 12.9. The van der Waals surface area contributed by atoms with Crippen LogP contribution >= 0.6 is 20.8 Å². The minimum absolute atomic E-state index is 0.0874. The highest BCUT2D eigenvalue weighted by Gasteiger charge is 2.28. The lowest BCUT2D eigenvalue weighted by atomic mass is 10.1. The first-order valence-electron chi connectivity index (χ1n) is 3.55. The van der Waals surface area contributed by atoms with Crippen molar-refractivity contribution in [1.82, 2.24) is 0 Å². The van der Waals surface area contributed by atoms with E-state index in [9.17, 15) is 8.78 Å². The molecular formula is C8H9ClF2NP. The maximum atomic E-state index is 12.9. The van der Waals surface area contributed by atoms with Crippen LogP contribution in [0.2, 0.25) is 5.02 Å². The van der Waals surface area contributed by atoms with Crippen molar-refractivity contribution < 1.29 is 8.78 Å². The average molecular weight is 224 g/mol. The Morgan fingerprint density at radius 3 is 2.46 bits per heavy atom. The fourth-order valence-electron chi connectivity index (χ4n) is 1.03. The Balaban J connectivity index is 3.37. The zero-order chi connectivity index (χ0) is 10.2. The monoisotopic (exact) mass is 223 g/mol. The SMILES string of the molecule is Cc1cc(Cl)cc(C(F)(F)P)c1N. The normalized spacial score (nSPS) is 11.8. The van der Waals surface area contributed by atoms with Gasteiger partial charge in [0.15, 0.2) is 0 Å². The molecule has 1 atom stereocenters. The second-order valence-electron chi connectivity index (χ2n) is 2.81. The number of halogens is 3. The zero-order valence-corrected chi connectivity index (χ0v) is 8.85. The molecule has 1 aromatic rings. The van der Waals surface area contributed by atoms with Gasteiger partial charge in [-0.3, -0.25) is 0 Å². The molecule has 72 valence electrons. The van der Waals surface area contributed by atoms with Gasteiger partial charge in [0.05, 0.1) is 0 Å². The van der Waals surface area contributed by atoms with Crippen LogP contribution < -0.4 is 5.73 Å². The highest BCUT2D eigenvalue weighted by atomic mass is 35.5. The number of anilines is 1. The molecule has 0 radical (unpaired) electrons. The first-order valence-corrected chi connectivity index (χ1v) is 4.50. The summed E-state index contributed by atoms with van der Waals surface area (Å²) in [4.78, 5) is 0. The molecule has 1 aromatic carbocycles. The predicted molar refractivity (Wildman–Crippen MR) is 54.2 cm³/mol. The lowest BCUT2D eigenvalue weighted by Crippen LogP contribution is -2.08. The van der Waals surface area contributed by atoms with Crippen LogP contribution in [0.15, 0.2) is 12.1 Å². The molecule has 0 bridgehead atoms. The maximum Gasteiger partial charge on any atom is 0.285 e. The van der Waals surface area contributed by atoms with Crippen molar-refractivity contribution in [1.29, 1.82) is 0 Å². The van der Waals surface area contributed by atoms with Crippen LogP contribution in [0.1, 0.15) is 11.1 Å². The molecule has 0 spiro atoms. The summed E-state index contributed by atoms with van der Waals surface area (Å²) in [5.41, 5.74) is 2.86. The number of hydrogen-bond donors (Lipinski definition) is 1. The van der Waals surface area contributed by atoms with Crippen molar-refractivity contribution in [3.8, 4) is 0 Å². The summed E-state index contributed by atoms with van der Waals surface area (Å²) in [5, 5.41) is 0.267. The molecule has 1 unspecified atom stereocenters. The Morgan fingerprint density at radius 2 is 2.00 bits per heavy atom. The zero-order valence-electron chi connectivity index (χ0n) is 6.94. The van der Waals surface area contributed by atoms with Crippen LogP contribution in [0.25, 0.3) is 0 Å². The average Bonchev–Trinajstić information content (AvgIpc) is 1.94. The van der Waals surface area contributed by atoms with Gasteiger partial charge < -0.3 is 5.73 Å². The first kappa shape index (κ1) is 10.7. The molecule has 1 nitrogen and oxygen atoms in total. The lowest BCUT2D eigenvalue weighted by Gasteiger charge is -2.15. The number of nitrogen functional groups attached to an aromatic ring is 1. The van der Waals surface area contributed by atoms with E-state index in [1.807, 2.05) is 0 Å². The van der Waals surface area contributed by atoms with Gasteiger partial charge >= 0.3 is 0 Å². The van der Waals surface area contributed by atoms with Crippen molar-refractivity contribution in [2.75, 3.05) is 5.73 Å². The third-order valence-corrected chi connectivity index (χ3v) is 2.24. The Hall–Kier alpha value is -0.400. The van der Waals surface area contributed by atoms with Crippen LogP contribution in [0, 0.1) is 6.92 Å². The Kier molecular flexibility index (Phi) is 2.79. The van der Waals surface area contributed by atoms with Crippen molar-refractivity contribution in [3.63, 3.8) is 0 Å². The number of nitrogens with two attached hydrogens (primary N) is 1. The topological polar surface area (TPSA) is 26.0 Å². The number of hydrogen-bond acceptors (Lipinski definition) is 1. The van der Waals surface area contributed by atoms with Gasteiger partial charge in [0.2, 0.25) is 0 Å². The molecule has 0 aliphatic carbocycles. The highest BCUT2D eigenvalue weighted by molar-refractivity contribution is 7.17. The molecule has 0 aliphatic rings. The standard InChI is InChI=1S/C8H9ClF2NP/c1-4-2-5(9)3-6(7(4)12)8(10,11)13/h2-3H,12-13H2,1H3. The minimum atomic E-state index is -3.03. The van der Waals surface area contributed by atoms with Crippen LogP contribution in [0.5, 0.6) is 0 Å². The molecule has 13 heavy (non-hydrogen) atoms. The largest absolute Gasteiger partial charge is 0.398 e. The van der Waals surface area contributed by atoms with Crippen molar-refractivity contribution in [3.05, 3.63) is 28.3 Å². The van der Waals surface area contributed by atoms with Crippen molar-refractivity contribution >= 4 is 26.5 Å². The number of rotatable bonds is 1. The molecule has 0 aliphatic heterocycles. The fraction of sp³-hybridized carbons (Fsp3) is 0.250. The van der Waals surface area contributed by atoms with E-state index in [2.05, 4.69) is 0 Å². The van der Waals surface area contributed by atoms with Crippen molar-refractivity contribution in [2.45, 2.75) is 12.6 Å². The van der Waals surface area contributed by atoms with Gasteiger partial charge in [-0.25, -0.2) is 0 Å². The Labute approximate surface area is 82.5 Å². The van der Waals surface area contributed by atoms with Gasteiger partial charge in [0.1, 0.15) is 0 Å². The van der Waals surface area contributed by atoms with Crippen LogP contribution in [-0.2, 0) is 5.66 Å². The molecule has 0 amide bonds. The van der Waals surface area contributed by atoms with Gasteiger partial charge in [-0.2, -0.15) is 8.78 Å². The molecule has 0 fully saturated rings. The second kappa shape index (κ2) is 3.39. The number of alkyl halides is 2. The van der Waals surface area contributed by atoms with Gasteiger partial charge in [-0.15, -0.1) is 0 Å². The summed E-state index contributed by atoms with van der Waals surface area (Å²) in [7, 11) is 1.44. The van der Waals surface area contributed by atoms with Crippen LogP contribution in [-0.4, -0.2) is 0 Å². The summed E-state index contributed by atoms with van der Waals surface area (Å²) in [5.74, 6) is 0. The minimum Gasteiger partial charge on any atom is -0.398 e. The van der Waals surface area contributed by atoms with E-state index < -0.39 is 5.66 Å². The smallest absolute Gasteiger partial charge is 0.285 e. The van der Waals surface area contributed by atoms with E-state index in [0.29, 0.717) is 5.56 Å². The van der Waals surface area contributed by atoms with Gasteiger partial charge in [-0.1, -0.05) is 20.8 Å². The van der Waals surface area contributed by atoms with Crippen molar-refractivity contribution in [2.24, 2.45) is 0 Å². The first-order chi connectivity index (χ1) is 5.82. The second-order valence-corrected chi connectivity index (χ2v) is 3.97. The van der Waals surface area contributed by atoms with E-state index in [1.54, 1.807) is 13.0 Å². The number of aryl methyl sites for hydroxylation is 1. The summed E-state index contributed by atoms with van der Waals surface area (Å²) in [6.07, 6.45) is 0. The Morgan fingerprint density at radius 1 is 1.46 bits per heavy atom. The molecule has 5 heteroatoms. The predicted octanol–water partition coefficient (Wildman–Crippen LogP) is 3.16. The molecular weight excluding hydrogens is 215 g/mol. The molecule has 0 heterocycles. The fourth-order valence-corrected chi connectivity index (χ4v) is 1.54. The van der Waals surface area contributed by atoms with Gasteiger partial charge in [0, 0.05) is 16.3 Å². The van der Waals surface area contributed by atoms with E-state index >= 15 is 0 Å². The summed E-state index contributed by atoms with van der Waals surface area (Å²) < 4.78 is 25.8. The summed E-state index contributed by atoms with van der Waals surface area (Å²) >= 11 is 5.63. The molecule has 0 aromatic heterocycles. The third-order valence-electron chi connectivity index (χ3n) is 1.71. The van der Waals surface area contributed by atoms with Gasteiger partial charge in [0.25, 0.3) is 5.66 Å². The van der Waals surface area contributed by atoms with E-state index in [-0.39, 0.29) is 16.3 Å². The van der Waals surface area contributed by atoms with E-state index in [0.717, 1.165) is 0 Å². The van der Waals surface area contributed by atoms with Crippen LogP contribution in [0.3, 0.4) is 0 Å². The Bertz CT molecular complexity index is 336. The van der Waals surface area contributed by atoms with Gasteiger partial charge in [-0.05, 0) is 24.6 Å².